The molecule has 32 heavy (non-hydrogen) atoms. The highest BCUT2D eigenvalue weighted by Gasteiger charge is 2.42. The number of imide groups is 1. The molecular formula is C27H23ClN2O2. The topological polar surface area (TPSA) is 40.6 Å². The zero-order valence-corrected chi connectivity index (χ0v) is 18.4. The summed E-state index contributed by atoms with van der Waals surface area (Å²) in [6.07, 6.45) is 2.50. The molecule has 0 radical (unpaired) electrons. The predicted octanol–water partition coefficient (Wildman–Crippen LogP) is 5.12. The fourth-order valence-corrected chi connectivity index (χ4v) is 4.67. The van der Waals surface area contributed by atoms with Crippen LogP contribution in [0.15, 0.2) is 84.6 Å². The van der Waals surface area contributed by atoms with E-state index in [9.17, 15) is 9.59 Å². The van der Waals surface area contributed by atoms with Crippen molar-refractivity contribution in [1.82, 2.24) is 4.90 Å². The number of aryl methyl sites for hydroxylation is 1. The van der Waals surface area contributed by atoms with E-state index in [1.54, 1.807) is 0 Å². The summed E-state index contributed by atoms with van der Waals surface area (Å²) >= 11 is 5.99. The average molecular weight is 443 g/mol. The van der Waals surface area contributed by atoms with E-state index in [1.807, 2.05) is 77.7 Å². The molecule has 0 aromatic heterocycles. The lowest BCUT2D eigenvalue weighted by molar-refractivity contribution is -0.136. The maximum absolute atomic E-state index is 13.7. The van der Waals surface area contributed by atoms with Gasteiger partial charge < -0.3 is 4.90 Å². The van der Waals surface area contributed by atoms with Gasteiger partial charge >= 0.3 is 0 Å². The second kappa shape index (κ2) is 8.64. The van der Waals surface area contributed by atoms with Gasteiger partial charge in [0.15, 0.2) is 0 Å². The number of hydrogen-bond acceptors (Lipinski definition) is 3. The molecule has 3 aromatic rings. The van der Waals surface area contributed by atoms with Gasteiger partial charge in [-0.1, -0.05) is 72.3 Å². The van der Waals surface area contributed by atoms with Gasteiger partial charge in [-0.3, -0.25) is 14.5 Å². The molecule has 2 aliphatic rings. The van der Waals surface area contributed by atoms with Crippen LogP contribution < -0.4 is 4.90 Å². The van der Waals surface area contributed by atoms with Crippen LogP contribution in [0.25, 0.3) is 5.57 Å². The summed E-state index contributed by atoms with van der Waals surface area (Å²) in [5.74, 6) is -0.451. The second-order valence-electron chi connectivity index (χ2n) is 8.11. The Balaban J connectivity index is 1.53. The van der Waals surface area contributed by atoms with E-state index < -0.39 is 0 Å². The fraction of sp³-hybridized carbons (Fsp3) is 0.185. The Morgan fingerprint density at radius 1 is 0.812 bits per heavy atom. The van der Waals surface area contributed by atoms with Crippen molar-refractivity contribution in [1.29, 1.82) is 0 Å². The van der Waals surface area contributed by atoms with E-state index >= 15 is 0 Å². The van der Waals surface area contributed by atoms with Crippen molar-refractivity contribution in [3.63, 3.8) is 0 Å². The molecule has 0 saturated carbocycles. The zero-order valence-electron chi connectivity index (χ0n) is 17.6. The molecule has 4 nitrogen and oxygen atoms in total. The van der Waals surface area contributed by atoms with Crippen LogP contribution in [-0.4, -0.2) is 29.8 Å². The van der Waals surface area contributed by atoms with Crippen LogP contribution in [-0.2, 0) is 22.4 Å². The van der Waals surface area contributed by atoms with E-state index in [2.05, 4.69) is 6.07 Å². The summed E-state index contributed by atoms with van der Waals surface area (Å²) < 4.78 is 0. The van der Waals surface area contributed by atoms with Gasteiger partial charge in [-0.05, 0) is 54.2 Å². The number of para-hydroxylation sites is 1. The molecule has 3 aromatic carbocycles. The second-order valence-corrected chi connectivity index (χ2v) is 8.55. The third-order valence-corrected chi connectivity index (χ3v) is 6.38. The number of fused-ring (bicyclic) bond motifs is 1. The van der Waals surface area contributed by atoms with Crippen LogP contribution in [0.4, 0.5) is 5.69 Å². The molecule has 0 N–H and O–H groups in total. The lowest BCUT2D eigenvalue weighted by atomic mass is 9.98. The molecule has 5 heteroatoms. The summed E-state index contributed by atoms with van der Waals surface area (Å²) in [5.41, 5.74) is 5.01. The molecule has 0 unspecified atom stereocenters. The molecule has 2 heterocycles. The Hall–Kier alpha value is -3.37. The van der Waals surface area contributed by atoms with Gasteiger partial charge in [0.2, 0.25) is 0 Å². The number of rotatable bonds is 5. The lowest BCUT2D eigenvalue weighted by Crippen LogP contribution is -2.38. The van der Waals surface area contributed by atoms with E-state index in [0.717, 1.165) is 29.7 Å². The van der Waals surface area contributed by atoms with E-state index in [0.29, 0.717) is 35.8 Å². The molecule has 0 atom stereocenters. The molecule has 0 aliphatic carbocycles. The highest BCUT2D eigenvalue weighted by atomic mass is 35.5. The summed E-state index contributed by atoms with van der Waals surface area (Å²) in [4.78, 5) is 30.7. The van der Waals surface area contributed by atoms with Crippen LogP contribution >= 0.6 is 11.6 Å². The normalized spacial score (nSPS) is 16.0. The molecule has 2 aliphatic heterocycles. The van der Waals surface area contributed by atoms with Crippen molar-refractivity contribution in [2.45, 2.75) is 19.3 Å². The summed E-state index contributed by atoms with van der Waals surface area (Å²) in [7, 11) is 0. The Morgan fingerprint density at radius 2 is 1.53 bits per heavy atom. The van der Waals surface area contributed by atoms with Gasteiger partial charge in [-0.2, -0.15) is 0 Å². The molecule has 160 valence electrons. The number of benzene rings is 3. The maximum Gasteiger partial charge on any atom is 0.278 e. The number of halogens is 1. The number of hydrogen-bond donors (Lipinski definition) is 0. The Kier molecular flexibility index (Phi) is 5.54. The van der Waals surface area contributed by atoms with Crippen LogP contribution in [0.3, 0.4) is 0 Å². The van der Waals surface area contributed by atoms with Gasteiger partial charge in [0.25, 0.3) is 11.8 Å². The van der Waals surface area contributed by atoms with E-state index in [-0.39, 0.29) is 11.8 Å². The van der Waals surface area contributed by atoms with Gasteiger partial charge in [0, 0.05) is 23.8 Å². The van der Waals surface area contributed by atoms with Crippen LogP contribution in [0, 0.1) is 0 Å². The molecule has 0 saturated heterocycles. The first-order chi connectivity index (χ1) is 15.6. The van der Waals surface area contributed by atoms with Crippen molar-refractivity contribution < 1.29 is 9.59 Å². The van der Waals surface area contributed by atoms with Gasteiger partial charge in [-0.15, -0.1) is 0 Å². The number of carbonyl (C=O) groups is 2. The maximum atomic E-state index is 13.7. The summed E-state index contributed by atoms with van der Waals surface area (Å²) in [6, 6.07) is 25.2. The van der Waals surface area contributed by atoms with Gasteiger partial charge in [0.05, 0.1) is 5.57 Å². The lowest BCUT2D eigenvalue weighted by Gasteiger charge is -2.32. The smallest absolute Gasteiger partial charge is 0.278 e. The molecule has 0 fully saturated rings. The summed E-state index contributed by atoms with van der Waals surface area (Å²) in [6.45, 7) is 1.04. The molecular weight excluding hydrogens is 420 g/mol. The van der Waals surface area contributed by atoms with Crippen molar-refractivity contribution in [2.24, 2.45) is 0 Å². The quantitative estimate of drug-likeness (QED) is 0.515. The standard InChI is InChI=1S/C27H23ClN2O2/c28-22-14-12-19(13-15-22)16-18-30-26(31)24(21-8-2-1-3-9-21)25(27(30)32)29-17-6-10-20-7-4-5-11-23(20)29/h1-5,7-9,11-15H,6,10,16-18H2. The van der Waals surface area contributed by atoms with Crippen LogP contribution in [0.2, 0.25) is 5.02 Å². The van der Waals surface area contributed by atoms with Gasteiger partial charge in [0.1, 0.15) is 5.70 Å². The number of nitrogens with zero attached hydrogens (tertiary/aromatic N) is 2. The monoisotopic (exact) mass is 442 g/mol. The number of anilines is 1. The van der Waals surface area contributed by atoms with Crippen LogP contribution in [0.1, 0.15) is 23.1 Å². The van der Waals surface area contributed by atoms with E-state index in [1.165, 1.54) is 10.5 Å². The third-order valence-electron chi connectivity index (χ3n) is 6.12. The van der Waals surface area contributed by atoms with Crippen molar-refractivity contribution in [3.8, 4) is 0 Å². The van der Waals surface area contributed by atoms with Gasteiger partial charge in [-0.25, -0.2) is 0 Å². The first-order valence-electron chi connectivity index (χ1n) is 10.9. The van der Waals surface area contributed by atoms with Crippen molar-refractivity contribution in [2.75, 3.05) is 18.0 Å². The summed E-state index contributed by atoms with van der Waals surface area (Å²) in [5, 5.41) is 0.668. The molecule has 0 bridgehead atoms. The minimum Gasteiger partial charge on any atom is -0.336 e. The fourth-order valence-electron chi connectivity index (χ4n) is 4.54. The first kappa shape index (κ1) is 20.5. The largest absolute Gasteiger partial charge is 0.336 e. The SMILES string of the molecule is O=C1C(c2ccccc2)=C(N2CCCc3ccccc32)C(=O)N1CCc1ccc(Cl)cc1. The first-order valence-corrected chi connectivity index (χ1v) is 11.3. The third kappa shape index (κ3) is 3.71. The minimum absolute atomic E-state index is 0.223. The number of amides is 2. The highest BCUT2D eigenvalue weighted by Crippen LogP contribution is 2.37. The van der Waals surface area contributed by atoms with E-state index in [4.69, 9.17) is 11.6 Å². The molecule has 2 amide bonds. The number of carbonyl (C=O) groups excluding carboxylic acids is 2. The van der Waals surface area contributed by atoms with Crippen LogP contribution in [0.5, 0.6) is 0 Å². The Bertz CT molecular complexity index is 1200. The minimum atomic E-state index is -0.229. The Labute approximate surface area is 192 Å². The predicted molar refractivity (Wildman–Crippen MR) is 127 cm³/mol. The van der Waals surface area contributed by atoms with Crippen molar-refractivity contribution >= 4 is 34.7 Å². The Morgan fingerprint density at radius 3 is 2.31 bits per heavy atom. The average Bonchev–Trinajstić information content (AvgIpc) is 3.08. The molecule has 0 spiro atoms. The van der Waals surface area contributed by atoms with Crippen molar-refractivity contribution in [3.05, 3.63) is 106 Å². The zero-order chi connectivity index (χ0) is 22.1. The highest BCUT2D eigenvalue weighted by molar-refractivity contribution is 6.36. The molecule has 5 rings (SSSR count).